The molecule has 6 rings (SSSR count). The Morgan fingerprint density at radius 2 is 2.18 bits per heavy atom. The molecule has 2 N–H and O–H groups in total. The molecule has 0 radical (unpaired) electrons. The maximum Gasteiger partial charge on any atom is 0.198 e. The van der Waals surface area contributed by atoms with E-state index in [-0.39, 0.29) is 22.8 Å². The van der Waals surface area contributed by atoms with E-state index >= 15 is 0 Å². The zero-order valence-corrected chi connectivity index (χ0v) is 15.3. The summed E-state index contributed by atoms with van der Waals surface area (Å²) < 4.78 is 2.23. The highest BCUT2D eigenvalue weighted by Crippen LogP contribution is 2.52. The number of para-hydroxylation sites is 1. The van der Waals surface area contributed by atoms with Crippen LogP contribution in [0.4, 0.5) is 0 Å². The van der Waals surface area contributed by atoms with Crippen LogP contribution in [0.2, 0.25) is 0 Å². The second-order valence-electron chi connectivity index (χ2n) is 7.89. The minimum Gasteiger partial charge on any atom is -0.508 e. The van der Waals surface area contributed by atoms with E-state index in [4.69, 9.17) is 4.98 Å². The third-order valence-corrected chi connectivity index (χ3v) is 6.51. The lowest BCUT2D eigenvalue weighted by molar-refractivity contribution is 0.330. The molecule has 5 nitrogen and oxygen atoms in total. The number of nitrogens with one attached hydrogen (secondary N) is 1. The summed E-state index contributed by atoms with van der Waals surface area (Å²) in [5.41, 5.74) is 3.57. The van der Waals surface area contributed by atoms with Gasteiger partial charge in [-0.1, -0.05) is 18.2 Å². The summed E-state index contributed by atoms with van der Waals surface area (Å²) in [6, 6.07) is 13.0. The molecule has 0 amide bonds. The van der Waals surface area contributed by atoms with Gasteiger partial charge in [0.15, 0.2) is 5.43 Å². The first kappa shape index (κ1) is 15.8. The van der Waals surface area contributed by atoms with Gasteiger partial charge in [0.1, 0.15) is 11.4 Å². The lowest BCUT2D eigenvalue weighted by Gasteiger charge is -2.29. The minimum absolute atomic E-state index is 0.00503. The van der Waals surface area contributed by atoms with Gasteiger partial charge in [-0.05, 0) is 55.3 Å². The van der Waals surface area contributed by atoms with Gasteiger partial charge in [0, 0.05) is 16.2 Å². The Morgan fingerprint density at radius 1 is 1.29 bits per heavy atom. The van der Waals surface area contributed by atoms with Crippen LogP contribution in [0.25, 0.3) is 32.8 Å². The molecule has 0 saturated carbocycles. The van der Waals surface area contributed by atoms with E-state index in [1.165, 1.54) is 5.56 Å². The van der Waals surface area contributed by atoms with E-state index in [0.29, 0.717) is 11.0 Å². The van der Waals surface area contributed by atoms with Gasteiger partial charge in [-0.15, -0.1) is 6.58 Å². The number of phenols is 1. The molecule has 2 aliphatic heterocycles. The molecule has 4 aromatic rings. The van der Waals surface area contributed by atoms with Crippen LogP contribution in [0.3, 0.4) is 0 Å². The van der Waals surface area contributed by atoms with Gasteiger partial charge in [0.05, 0.1) is 22.6 Å². The lowest BCUT2D eigenvalue weighted by Crippen LogP contribution is -2.32. The molecule has 0 unspecified atom stereocenters. The van der Waals surface area contributed by atoms with Crippen molar-refractivity contribution in [2.45, 2.75) is 24.4 Å². The Labute approximate surface area is 160 Å². The summed E-state index contributed by atoms with van der Waals surface area (Å²) in [6.07, 6.45) is 3.89. The van der Waals surface area contributed by atoms with Crippen LogP contribution in [0.1, 0.15) is 24.6 Å². The van der Waals surface area contributed by atoms with Crippen LogP contribution >= 0.6 is 0 Å². The first-order valence-corrected chi connectivity index (χ1v) is 9.59. The number of nitrogens with zero attached hydrogens (tertiary/aromatic N) is 2. The molecule has 28 heavy (non-hydrogen) atoms. The van der Waals surface area contributed by atoms with Crippen molar-refractivity contribution in [2.75, 3.05) is 6.54 Å². The number of aromatic nitrogens is 2. The van der Waals surface area contributed by atoms with Crippen molar-refractivity contribution in [3.05, 3.63) is 70.9 Å². The fourth-order valence-corrected chi connectivity index (χ4v) is 5.36. The van der Waals surface area contributed by atoms with Crippen LogP contribution in [0.5, 0.6) is 5.75 Å². The van der Waals surface area contributed by atoms with Crippen molar-refractivity contribution in [2.24, 2.45) is 0 Å². The van der Waals surface area contributed by atoms with Crippen molar-refractivity contribution in [1.29, 1.82) is 0 Å². The van der Waals surface area contributed by atoms with E-state index in [9.17, 15) is 9.90 Å². The predicted octanol–water partition coefficient (Wildman–Crippen LogP) is 3.73. The molecule has 2 atom stereocenters. The number of hydrogen-bond donors (Lipinski definition) is 2. The molecule has 2 aromatic heterocycles. The highest BCUT2D eigenvalue weighted by atomic mass is 16.3. The fraction of sp³-hybridized carbons (Fsp3) is 0.217. The van der Waals surface area contributed by atoms with Gasteiger partial charge in [-0.3, -0.25) is 10.1 Å². The number of hydrogen-bond acceptors (Lipinski definition) is 4. The average molecular weight is 369 g/mol. The first-order chi connectivity index (χ1) is 13.6. The molecule has 5 heteroatoms. The molecule has 2 aromatic carbocycles. The molecular formula is C23H19N3O2. The van der Waals surface area contributed by atoms with Crippen LogP contribution in [-0.2, 0) is 5.41 Å². The molecular weight excluding hydrogens is 350 g/mol. The van der Waals surface area contributed by atoms with Crippen molar-refractivity contribution < 1.29 is 5.11 Å². The minimum atomic E-state index is -0.0967. The second kappa shape index (κ2) is 5.20. The SMILES string of the molecule is C=CC[C@@]12CCN[C@@H]1n1c3nc4ccc(O)cc4cc3c(=O)c3cccc2c31. The van der Waals surface area contributed by atoms with E-state index < -0.39 is 0 Å². The smallest absolute Gasteiger partial charge is 0.198 e. The predicted molar refractivity (Wildman–Crippen MR) is 111 cm³/mol. The number of pyridine rings is 2. The molecule has 0 spiro atoms. The van der Waals surface area contributed by atoms with E-state index in [1.54, 1.807) is 18.2 Å². The summed E-state index contributed by atoms with van der Waals surface area (Å²) in [5.74, 6) is 0.170. The number of benzene rings is 2. The maximum atomic E-state index is 13.4. The van der Waals surface area contributed by atoms with Crippen LogP contribution in [0.15, 0.2) is 59.9 Å². The van der Waals surface area contributed by atoms with Crippen molar-refractivity contribution in [3.63, 3.8) is 0 Å². The molecule has 1 fully saturated rings. The van der Waals surface area contributed by atoms with Gasteiger partial charge < -0.3 is 9.67 Å². The fourth-order valence-electron chi connectivity index (χ4n) is 5.36. The van der Waals surface area contributed by atoms with Crippen LogP contribution in [-0.4, -0.2) is 21.2 Å². The van der Waals surface area contributed by atoms with Crippen molar-refractivity contribution in [1.82, 2.24) is 14.9 Å². The Morgan fingerprint density at radius 3 is 3.04 bits per heavy atom. The summed E-state index contributed by atoms with van der Waals surface area (Å²) in [7, 11) is 0. The van der Waals surface area contributed by atoms with Crippen molar-refractivity contribution in [3.8, 4) is 5.75 Å². The Hall–Kier alpha value is -3.18. The highest BCUT2D eigenvalue weighted by Gasteiger charge is 2.50. The summed E-state index contributed by atoms with van der Waals surface area (Å²) in [6.45, 7) is 4.92. The van der Waals surface area contributed by atoms with Crippen LogP contribution in [0, 0.1) is 0 Å². The average Bonchev–Trinajstić information content (AvgIpc) is 3.22. The molecule has 138 valence electrons. The standard InChI is InChI=1S/C23H19N3O2/c1-2-8-23-9-10-24-22(23)26-19-15(4-3-5-17(19)23)20(28)16-12-13-11-14(27)6-7-18(13)25-21(16)26/h2-7,11-12,22,24,27H,1,8-10H2/t22-,23+/m1/s1. The molecule has 4 heterocycles. The van der Waals surface area contributed by atoms with Gasteiger partial charge >= 0.3 is 0 Å². The molecule has 1 saturated heterocycles. The third-order valence-electron chi connectivity index (χ3n) is 6.51. The van der Waals surface area contributed by atoms with E-state index in [2.05, 4.69) is 22.5 Å². The Bertz CT molecular complexity index is 1390. The maximum absolute atomic E-state index is 13.4. The lowest BCUT2D eigenvalue weighted by atomic mass is 9.76. The molecule has 0 aliphatic carbocycles. The number of aromatic hydroxyl groups is 1. The number of allylic oxidation sites excluding steroid dienone is 1. The highest BCUT2D eigenvalue weighted by molar-refractivity contribution is 6.00. The second-order valence-corrected chi connectivity index (χ2v) is 7.89. The third kappa shape index (κ3) is 1.75. The monoisotopic (exact) mass is 369 g/mol. The van der Waals surface area contributed by atoms with E-state index in [0.717, 1.165) is 41.2 Å². The van der Waals surface area contributed by atoms with E-state index in [1.807, 2.05) is 24.3 Å². The number of fused-ring (bicyclic) bond motifs is 6. The van der Waals surface area contributed by atoms with Gasteiger partial charge in [0.2, 0.25) is 0 Å². The Kier molecular flexibility index (Phi) is 2.94. The summed E-state index contributed by atoms with van der Waals surface area (Å²) >= 11 is 0. The van der Waals surface area contributed by atoms with Gasteiger partial charge in [-0.2, -0.15) is 0 Å². The van der Waals surface area contributed by atoms with Gasteiger partial charge in [-0.25, -0.2) is 4.98 Å². The topological polar surface area (TPSA) is 67.2 Å². The molecule has 0 bridgehead atoms. The largest absolute Gasteiger partial charge is 0.508 e. The zero-order chi connectivity index (χ0) is 19.0. The van der Waals surface area contributed by atoms with Crippen molar-refractivity contribution >= 4 is 32.8 Å². The van der Waals surface area contributed by atoms with Gasteiger partial charge in [0.25, 0.3) is 0 Å². The normalized spacial score (nSPS) is 22.9. The number of phenolic OH excluding ortho intramolecular Hbond substituents is 1. The Balaban J connectivity index is 1.84. The zero-order valence-electron chi connectivity index (χ0n) is 15.3. The number of rotatable bonds is 2. The summed E-state index contributed by atoms with van der Waals surface area (Å²) in [4.78, 5) is 18.2. The molecule has 2 aliphatic rings. The quantitative estimate of drug-likeness (QED) is 0.417. The first-order valence-electron chi connectivity index (χ1n) is 9.59. The van der Waals surface area contributed by atoms with Crippen LogP contribution < -0.4 is 10.7 Å². The summed E-state index contributed by atoms with van der Waals surface area (Å²) in [5, 5.41) is 15.6.